The average Bonchev–Trinajstić information content (AvgIpc) is 2.66. The maximum absolute atomic E-state index is 13.4. The van der Waals surface area contributed by atoms with Crippen LogP contribution in [-0.4, -0.2) is 29.5 Å². The Balaban J connectivity index is 1.38. The summed E-state index contributed by atoms with van der Waals surface area (Å²) in [6, 6.07) is 17.5. The zero-order valence-electron chi connectivity index (χ0n) is 14.2. The Kier molecular flexibility index (Phi) is 4.57. The Morgan fingerprint density at radius 1 is 1.04 bits per heavy atom. The van der Waals surface area contributed by atoms with E-state index in [1.54, 1.807) is 12.1 Å². The van der Waals surface area contributed by atoms with Crippen molar-refractivity contribution >= 4 is 16.5 Å². The van der Waals surface area contributed by atoms with Gasteiger partial charge in [0.05, 0.1) is 5.52 Å². The van der Waals surface area contributed by atoms with Crippen LogP contribution in [-0.2, 0) is 6.42 Å². The second-order valence-corrected chi connectivity index (χ2v) is 6.57. The number of hydrogen-bond acceptors (Lipinski definition) is 2. The molecule has 2 aromatic carbocycles. The van der Waals surface area contributed by atoms with Crippen molar-refractivity contribution in [2.45, 2.75) is 12.8 Å². The number of aromatic nitrogens is 1. The van der Waals surface area contributed by atoms with Gasteiger partial charge in [-0.05, 0) is 53.8 Å². The van der Waals surface area contributed by atoms with E-state index in [1.807, 2.05) is 18.3 Å². The molecule has 2 nitrogen and oxygen atoms in total. The van der Waals surface area contributed by atoms with Gasteiger partial charge in [0, 0.05) is 31.2 Å². The number of fused-ring (bicyclic) bond motifs is 1. The van der Waals surface area contributed by atoms with Crippen molar-refractivity contribution in [1.82, 2.24) is 9.88 Å². The minimum Gasteiger partial charge on any atom is -0.299 e. The van der Waals surface area contributed by atoms with E-state index in [-0.39, 0.29) is 5.82 Å². The second kappa shape index (κ2) is 7.16. The van der Waals surface area contributed by atoms with Gasteiger partial charge in [-0.1, -0.05) is 36.4 Å². The summed E-state index contributed by atoms with van der Waals surface area (Å²) < 4.78 is 13.4. The predicted molar refractivity (Wildman–Crippen MR) is 101 cm³/mol. The van der Waals surface area contributed by atoms with Crippen molar-refractivity contribution in [1.29, 1.82) is 0 Å². The summed E-state index contributed by atoms with van der Waals surface area (Å²) >= 11 is 0. The lowest BCUT2D eigenvalue weighted by atomic mass is 9.99. The highest BCUT2D eigenvalue weighted by molar-refractivity contribution is 5.78. The molecule has 0 bridgehead atoms. The van der Waals surface area contributed by atoms with Gasteiger partial charge in [-0.3, -0.25) is 9.88 Å². The molecular weight excluding hydrogens is 311 g/mol. The third-order valence-corrected chi connectivity index (χ3v) is 4.88. The number of halogens is 1. The summed E-state index contributed by atoms with van der Waals surface area (Å²) in [5, 5.41) is 1.19. The summed E-state index contributed by atoms with van der Waals surface area (Å²) in [7, 11) is 0. The molecule has 0 spiro atoms. The highest BCUT2D eigenvalue weighted by Crippen LogP contribution is 2.23. The van der Waals surface area contributed by atoms with Crippen LogP contribution in [0.15, 0.2) is 66.9 Å². The molecule has 0 saturated heterocycles. The normalized spacial score (nSPS) is 15.3. The first kappa shape index (κ1) is 16.0. The molecule has 0 fully saturated rings. The van der Waals surface area contributed by atoms with Gasteiger partial charge in [-0.15, -0.1) is 0 Å². The fourth-order valence-corrected chi connectivity index (χ4v) is 3.42. The van der Waals surface area contributed by atoms with E-state index < -0.39 is 0 Å². The van der Waals surface area contributed by atoms with E-state index in [9.17, 15) is 4.39 Å². The fourth-order valence-electron chi connectivity index (χ4n) is 3.42. The second-order valence-electron chi connectivity index (χ2n) is 6.57. The number of hydrogen-bond donors (Lipinski definition) is 0. The lowest BCUT2D eigenvalue weighted by Crippen LogP contribution is -2.30. The lowest BCUT2D eigenvalue weighted by Gasteiger charge is -2.26. The van der Waals surface area contributed by atoms with Crippen LogP contribution in [0.5, 0.6) is 0 Å². The third-order valence-electron chi connectivity index (χ3n) is 4.88. The number of rotatable bonds is 4. The van der Waals surface area contributed by atoms with Crippen LogP contribution < -0.4 is 0 Å². The number of benzene rings is 2. The SMILES string of the molecule is Fc1cccc(C2=CCN(CCc3ccc4cccnc4c3)CC2)c1. The fraction of sp³-hybridized carbons (Fsp3) is 0.227. The zero-order chi connectivity index (χ0) is 17.1. The average molecular weight is 332 g/mol. The summed E-state index contributed by atoms with van der Waals surface area (Å²) in [6.07, 6.45) is 6.08. The van der Waals surface area contributed by atoms with Gasteiger partial charge < -0.3 is 0 Å². The molecule has 0 saturated carbocycles. The van der Waals surface area contributed by atoms with Crippen LogP contribution in [0.3, 0.4) is 0 Å². The first-order valence-corrected chi connectivity index (χ1v) is 8.79. The highest BCUT2D eigenvalue weighted by atomic mass is 19.1. The molecule has 1 aliphatic heterocycles. The summed E-state index contributed by atoms with van der Waals surface area (Å²) in [6.45, 7) is 2.98. The van der Waals surface area contributed by atoms with Gasteiger partial charge in [0.15, 0.2) is 0 Å². The van der Waals surface area contributed by atoms with Gasteiger partial charge in [-0.2, -0.15) is 0 Å². The van der Waals surface area contributed by atoms with Crippen LogP contribution in [0, 0.1) is 5.82 Å². The van der Waals surface area contributed by atoms with E-state index in [1.165, 1.54) is 22.6 Å². The molecule has 0 N–H and O–H groups in total. The molecular formula is C22H21FN2. The molecule has 1 aliphatic rings. The molecule has 0 unspecified atom stereocenters. The first-order chi connectivity index (χ1) is 12.3. The molecule has 0 aliphatic carbocycles. The topological polar surface area (TPSA) is 16.1 Å². The molecule has 25 heavy (non-hydrogen) atoms. The van der Waals surface area contributed by atoms with Gasteiger partial charge in [0.2, 0.25) is 0 Å². The van der Waals surface area contributed by atoms with Crippen LogP contribution in [0.1, 0.15) is 17.5 Å². The number of pyridine rings is 1. The van der Waals surface area contributed by atoms with Crippen molar-refractivity contribution in [2.75, 3.05) is 19.6 Å². The first-order valence-electron chi connectivity index (χ1n) is 8.79. The standard InChI is InChI=1S/C22H21FN2/c23-21-5-1-3-20(16-21)18-9-13-25(14-10-18)12-8-17-6-7-19-4-2-11-24-22(19)15-17/h1-7,9,11,15-16H,8,10,12-14H2. The van der Waals surface area contributed by atoms with Crippen LogP contribution in [0.2, 0.25) is 0 Å². The Morgan fingerprint density at radius 2 is 2.00 bits per heavy atom. The predicted octanol–water partition coefficient (Wildman–Crippen LogP) is 4.71. The van der Waals surface area contributed by atoms with Gasteiger partial charge in [0.1, 0.15) is 5.82 Å². The molecule has 0 amide bonds. The minimum atomic E-state index is -0.161. The van der Waals surface area contributed by atoms with E-state index in [2.05, 4.69) is 40.2 Å². The molecule has 2 heterocycles. The monoisotopic (exact) mass is 332 g/mol. The Morgan fingerprint density at radius 3 is 2.84 bits per heavy atom. The van der Waals surface area contributed by atoms with E-state index >= 15 is 0 Å². The van der Waals surface area contributed by atoms with E-state index in [4.69, 9.17) is 0 Å². The van der Waals surface area contributed by atoms with Crippen molar-refractivity contribution in [3.05, 3.63) is 83.8 Å². The van der Waals surface area contributed by atoms with Crippen LogP contribution >= 0.6 is 0 Å². The quantitative estimate of drug-likeness (QED) is 0.688. The van der Waals surface area contributed by atoms with Gasteiger partial charge >= 0.3 is 0 Å². The third kappa shape index (κ3) is 3.77. The van der Waals surface area contributed by atoms with Gasteiger partial charge in [0.25, 0.3) is 0 Å². The maximum atomic E-state index is 13.4. The molecule has 3 aromatic rings. The minimum absolute atomic E-state index is 0.161. The smallest absolute Gasteiger partial charge is 0.123 e. The summed E-state index contributed by atoms with van der Waals surface area (Å²) in [4.78, 5) is 6.88. The number of nitrogens with zero attached hydrogens (tertiary/aromatic N) is 2. The Labute approximate surface area is 147 Å². The van der Waals surface area contributed by atoms with Crippen molar-refractivity contribution in [3.8, 4) is 0 Å². The zero-order valence-corrected chi connectivity index (χ0v) is 14.2. The molecule has 4 rings (SSSR count). The highest BCUT2D eigenvalue weighted by Gasteiger charge is 2.13. The molecule has 126 valence electrons. The van der Waals surface area contributed by atoms with E-state index in [0.717, 1.165) is 43.6 Å². The lowest BCUT2D eigenvalue weighted by molar-refractivity contribution is 0.306. The molecule has 1 aromatic heterocycles. The molecule has 0 atom stereocenters. The summed E-state index contributed by atoms with van der Waals surface area (Å²) in [5.41, 5.74) is 4.66. The molecule has 3 heteroatoms. The molecule has 0 radical (unpaired) electrons. The van der Waals surface area contributed by atoms with Crippen LogP contribution in [0.25, 0.3) is 16.5 Å². The van der Waals surface area contributed by atoms with E-state index in [0.29, 0.717) is 0 Å². The van der Waals surface area contributed by atoms with Crippen molar-refractivity contribution in [2.24, 2.45) is 0 Å². The summed E-state index contributed by atoms with van der Waals surface area (Å²) in [5.74, 6) is -0.161. The largest absolute Gasteiger partial charge is 0.299 e. The maximum Gasteiger partial charge on any atom is 0.123 e. The van der Waals surface area contributed by atoms with Crippen LogP contribution in [0.4, 0.5) is 4.39 Å². The van der Waals surface area contributed by atoms with Crippen molar-refractivity contribution < 1.29 is 4.39 Å². The van der Waals surface area contributed by atoms with Crippen molar-refractivity contribution in [3.63, 3.8) is 0 Å². The van der Waals surface area contributed by atoms with Gasteiger partial charge in [-0.25, -0.2) is 4.39 Å². The Hall–Kier alpha value is -2.52. The Bertz CT molecular complexity index is 917.